The Labute approximate surface area is 110 Å². The molecule has 0 amide bonds. The molecule has 0 fully saturated rings. The van der Waals surface area contributed by atoms with Crippen molar-refractivity contribution in [1.29, 1.82) is 0 Å². The number of nitrogens with one attached hydrogen (secondary N) is 1. The first-order valence-electron chi connectivity index (χ1n) is 5.36. The molecule has 9 heteroatoms. The standard InChI is InChI=1S/C11H8F3N3O3/c12-11(13,14)9-8(15-10(16-9)17(18)19)6-20-7-4-2-1-3-5-7/h1-5H,6H2,(H,15,16). The van der Waals surface area contributed by atoms with E-state index in [1.165, 1.54) is 0 Å². The summed E-state index contributed by atoms with van der Waals surface area (Å²) in [6.07, 6.45) is -4.79. The second-order valence-corrected chi connectivity index (χ2v) is 3.74. The smallest absolute Gasteiger partial charge is 0.453 e. The number of aromatic amines is 1. The van der Waals surface area contributed by atoms with Gasteiger partial charge in [0, 0.05) is 0 Å². The van der Waals surface area contributed by atoms with Crippen molar-refractivity contribution in [2.45, 2.75) is 12.8 Å². The molecule has 1 heterocycles. The summed E-state index contributed by atoms with van der Waals surface area (Å²) in [5.74, 6) is -0.623. The molecule has 2 aromatic rings. The summed E-state index contributed by atoms with van der Waals surface area (Å²) in [4.78, 5) is 14.4. The number of hydrogen-bond acceptors (Lipinski definition) is 4. The predicted molar refractivity (Wildman–Crippen MR) is 61.0 cm³/mol. The molecule has 0 atom stereocenters. The molecule has 6 nitrogen and oxygen atoms in total. The van der Waals surface area contributed by atoms with E-state index in [0.29, 0.717) is 5.75 Å². The van der Waals surface area contributed by atoms with E-state index in [2.05, 4.69) is 4.98 Å². The fourth-order valence-corrected chi connectivity index (χ4v) is 1.49. The van der Waals surface area contributed by atoms with Gasteiger partial charge in [0.05, 0.1) is 0 Å². The van der Waals surface area contributed by atoms with Crippen molar-refractivity contribution in [2.24, 2.45) is 0 Å². The van der Waals surface area contributed by atoms with Gasteiger partial charge in [-0.2, -0.15) is 13.2 Å². The molecule has 1 aromatic carbocycles. The Hall–Kier alpha value is -2.58. The second kappa shape index (κ2) is 5.19. The molecule has 20 heavy (non-hydrogen) atoms. The molecule has 0 aliphatic heterocycles. The van der Waals surface area contributed by atoms with Crippen LogP contribution >= 0.6 is 0 Å². The van der Waals surface area contributed by atoms with E-state index >= 15 is 0 Å². The molecule has 1 aromatic heterocycles. The van der Waals surface area contributed by atoms with Gasteiger partial charge in [0.1, 0.15) is 12.4 Å². The van der Waals surface area contributed by atoms with E-state index in [4.69, 9.17) is 4.74 Å². The quantitative estimate of drug-likeness (QED) is 0.692. The van der Waals surface area contributed by atoms with E-state index in [9.17, 15) is 23.3 Å². The Kier molecular flexibility index (Phi) is 3.59. The Morgan fingerprint density at radius 1 is 1.30 bits per heavy atom. The molecular weight excluding hydrogens is 279 g/mol. The highest BCUT2D eigenvalue weighted by molar-refractivity contribution is 5.25. The number of ether oxygens (including phenoxy) is 1. The molecule has 0 bridgehead atoms. The minimum atomic E-state index is -4.79. The number of rotatable bonds is 4. The van der Waals surface area contributed by atoms with Gasteiger partial charge in [0.15, 0.2) is 5.69 Å². The third-order valence-electron chi connectivity index (χ3n) is 2.33. The van der Waals surface area contributed by atoms with Crippen molar-refractivity contribution in [2.75, 3.05) is 0 Å². The topological polar surface area (TPSA) is 81.1 Å². The lowest BCUT2D eigenvalue weighted by Crippen LogP contribution is -2.11. The highest BCUT2D eigenvalue weighted by atomic mass is 19.4. The van der Waals surface area contributed by atoms with Gasteiger partial charge in [0.25, 0.3) is 5.69 Å². The fraction of sp³-hybridized carbons (Fsp3) is 0.182. The number of nitro groups is 1. The lowest BCUT2D eigenvalue weighted by Gasteiger charge is -2.05. The molecule has 106 valence electrons. The summed E-state index contributed by atoms with van der Waals surface area (Å²) in [5.41, 5.74) is -1.84. The molecule has 0 aliphatic rings. The molecule has 0 radical (unpaired) electrons. The summed E-state index contributed by atoms with van der Waals surface area (Å²) in [6.45, 7) is -0.500. The van der Waals surface area contributed by atoms with E-state index in [-0.39, 0.29) is 0 Å². The lowest BCUT2D eigenvalue weighted by molar-refractivity contribution is -0.394. The van der Waals surface area contributed by atoms with Crippen LogP contribution in [0, 0.1) is 10.1 Å². The van der Waals surface area contributed by atoms with Gasteiger partial charge in [-0.05, 0) is 17.1 Å². The van der Waals surface area contributed by atoms with Crippen LogP contribution in [0.15, 0.2) is 30.3 Å². The average Bonchev–Trinajstić information content (AvgIpc) is 2.82. The number of hydrogen-bond donors (Lipinski definition) is 1. The summed E-state index contributed by atoms with van der Waals surface area (Å²) in [6, 6.07) is 8.12. The maximum atomic E-state index is 12.7. The van der Waals surface area contributed by atoms with Crippen molar-refractivity contribution in [3.63, 3.8) is 0 Å². The highest BCUT2D eigenvalue weighted by Gasteiger charge is 2.42. The van der Waals surface area contributed by atoms with Crippen molar-refractivity contribution >= 4 is 5.95 Å². The number of halogens is 3. The van der Waals surface area contributed by atoms with E-state index in [1.54, 1.807) is 30.3 Å². The lowest BCUT2D eigenvalue weighted by atomic mass is 10.3. The first-order chi connectivity index (χ1) is 9.38. The number of H-pyrrole nitrogens is 1. The van der Waals surface area contributed by atoms with Gasteiger partial charge in [-0.25, -0.2) is 4.98 Å². The number of imidazole rings is 1. The van der Waals surface area contributed by atoms with Crippen LogP contribution < -0.4 is 4.74 Å². The Balaban J connectivity index is 2.24. The zero-order valence-electron chi connectivity index (χ0n) is 9.85. The maximum absolute atomic E-state index is 12.7. The number of para-hydroxylation sites is 1. The minimum absolute atomic E-state index is 0.345. The number of nitrogens with zero attached hydrogens (tertiary/aromatic N) is 2. The van der Waals surface area contributed by atoms with Crippen LogP contribution in [0.25, 0.3) is 0 Å². The normalized spacial score (nSPS) is 11.3. The third kappa shape index (κ3) is 3.05. The van der Waals surface area contributed by atoms with Crippen LogP contribution in [0.1, 0.15) is 11.4 Å². The third-order valence-corrected chi connectivity index (χ3v) is 2.33. The van der Waals surface area contributed by atoms with Crippen LogP contribution in [0.4, 0.5) is 19.1 Å². The SMILES string of the molecule is O=[N+]([O-])c1nc(C(F)(F)F)c(COc2ccccc2)[nH]1. The van der Waals surface area contributed by atoms with Crippen LogP contribution in [-0.4, -0.2) is 14.9 Å². The first kappa shape index (κ1) is 13.8. The highest BCUT2D eigenvalue weighted by Crippen LogP contribution is 2.32. The summed E-state index contributed by atoms with van der Waals surface area (Å²) < 4.78 is 43.2. The Morgan fingerprint density at radius 3 is 2.50 bits per heavy atom. The van der Waals surface area contributed by atoms with Crippen molar-refractivity contribution in [3.05, 3.63) is 51.8 Å². The van der Waals surface area contributed by atoms with Gasteiger partial charge in [-0.15, -0.1) is 0 Å². The maximum Gasteiger partial charge on any atom is 0.453 e. The molecule has 0 unspecified atom stereocenters. The summed E-state index contributed by atoms with van der Waals surface area (Å²) >= 11 is 0. The fourth-order valence-electron chi connectivity index (χ4n) is 1.49. The van der Waals surface area contributed by atoms with Crippen LogP contribution in [0.3, 0.4) is 0 Å². The van der Waals surface area contributed by atoms with E-state index < -0.39 is 35.0 Å². The number of aromatic nitrogens is 2. The summed E-state index contributed by atoms with van der Waals surface area (Å²) in [7, 11) is 0. The zero-order valence-corrected chi connectivity index (χ0v) is 9.85. The van der Waals surface area contributed by atoms with Gasteiger partial charge >= 0.3 is 12.1 Å². The van der Waals surface area contributed by atoms with Gasteiger partial charge < -0.3 is 14.9 Å². The Bertz CT molecular complexity index is 610. The number of benzene rings is 1. The molecule has 0 spiro atoms. The summed E-state index contributed by atoms with van der Waals surface area (Å²) in [5, 5.41) is 10.5. The van der Waals surface area contributed by atoms with Gasteiger partial charge in [-0.3, -0.25) is 0 Å². The number of alkyl halides is 3. The van der Waals surface area contributed by atoms with E-state index in [0.717, 1.165) is 0 Å². The second-order valence-electron chi connectivity index (χ2n) is 3.74. The first-order valence-corrected chi connectivity index (χ1v) is 5.36. The van der Waals surface area contributed by atoms with Crippen LogP contribution in [0.2, 0.25) is 0 Å². The van der Waals surface area contributed by atoms with Crippen LogP contribution in [-0.2, 0) is 12.8 Å². The van der Waals surface area contributed by atoms with Gasteiger partial charge in [-0.1, -0.05) is 23.2 Å². The molecule has 0 saturated heterocycles. The molecule has 0 saturated carbocycles. The average molecular weight is 287 g/mol. The minimum Gasteiger partial charge on any atom is -0.486 e. The Morgan fingerprint density at radius 2 is 1.95 bits per heavy atom. The van der Waals surface area contributed by atoms with Crippen molar-refractivity contribution in [3.8, 4) is 5.75 Å². The molecule has 2 rings (SSSR count). The molecular formula is C11H8F3N3O3. The molecule has 0 aliphatic carbocycles. The predicted octanol–water partition coefficient (Wildman–Crippen LogP) is 2.92. The zero-order chi connectivity index (χ0) is 14.8. The van der Waals surface area contributed by atoms with Crippen molar-refractivity contribution < 1.29 is 22.8 Å². The van der Waals surface area contributed by atoms with E-state index in [1.807, 2.05) is 4.98 Å². The molecule has 1 N–H and O–H groups in total. The van der Waals surface area contributed by atoms with Crippen molar-refractivity contribution in [1.82, 2.24) is 9.97 Å². The monoisotopic (exact) mass is 287 g/mol. The van der Waals surface area contributed by atoms with Gasteiger partial charge in [0.2, 0.25) is 0 Å². The largest absolute Gasteiger partial charge is 0.486 e. The van der Waals surface area contributed by atoms with Crippen LogP contribution in [0.5, 0.6) is 5.75 Å².